The molecule has 0 fully saturated rings. The summed E-state index contributed by atoms with van der Waals surface area (Å²) in [6, 6.07) is 4.74. The van der Waals surface area contributed by atoms with E-state index in [9.17, 15) is 0 Å². The molecular weight excluding hydrogens is 295 g/mol. The van der Waals surface area contributed by atoms with Gasteiger partial charge in [0.15, 0.2) is 0 Å². The fourth-order valence-electron chi connectivity index (χ4n) is 1.38. The standard InChI is InChI=1S/C9H13S.3CH3.Sn/c1-3-8(2)7-9-5-4-6-10-9;;;;/h4-5,8H,3,7H2,1-2H3;3*1H3;. The van der Waals surface area contributed by atoms with Gasteiger partial charge in [0.05, 0.1) is 0 Å². The Labute approximate surface area is 96.6 Å². The van der Waals surface area contributed by atoms with Crippen molar-refractivity contribution in [1.82, 2.24) is 0 Å². The van der Waals surface area contributed by atoms with Crippen LogP contribution in [0.3, 0.4) is 0 Å². The Morgan fingerprint density at radius 3 is 2.36 bits per heavy atom. The van der Waals surface area contributed by atoms with Crippen molar-refractivity contribution >= 4 is 32.6 Å². The number of thiophene rings is 1. The van der Waals surface area contributed by atoms with Crippen LogP contribution in [0, 0.1) is 5.92 Å². The van der Waals surface area contributed by atoms with E-state index in [1.165, 1.54) is 12.8 Å². The van der Waals surface area contributed by atoms with Crippen LogP contribution in [0.15, 0.2) is 12.1 Å². The summed E-state index contributed by atoms with van der Waals surface area (Å²) in [6.45, 7) is 4.63. The molecule has 1 atom stereocenters. The van der Waals surface area contributed by atoms with Crippen molar-refractivity contribution in [1.29, 1.82) is 0 Å². The van der Waals surface area contributed by atoms with Crippen LogP contribution in [0.5, 0.6) is 0 Å². The Kier molecular flexibility index (Phi) is 4.51. The SMILES string of the molecule is CCC(C)Cc1cc[c]([Sn]([CH3])([CH3])[CH3])s1. The van der Waals surface area contributed by atoms with Crippen LogP contribution in [-0.2, 0) is 6.42 Å². The predicted molar refractivity (Wildman–Crippen MR) is 70.5 cm³/mol. The van der Waals surface area contributed by atoms with E-state index >= 15 is 0 Å². The number of hydrogen-bond acceptors (Lipinski definition) is 1. The van der Waals surface area contributed by atoms with Crippen molar-refractivity contribution in [2.45, 2.75) is 41.5 Å². The molecular formula is C12H22SSn. The number of hydrogen-bond donors (Lipinski definition) is 0. The van der Waals surface area contributed by atoms with E-state index in [2.05, 4.69) is 52.1 Å². The first-order chi connectivity index (χ1) is 6.43. The molecule has 2 heteroatoms. The summed E-state index contributed by atoms with van der Waals surface area (Å²) in [5.74, 6) is 0.844. The zero-order valence-electron chi connectivity index (χ0n) is 10.1. The second-order valence-corrected chi connectivity index (χ2v) is 21.8. The Bertz CT molecular complexity index is 283. The summed E-state index contributed by atoms with van der Waals surface area (Å²) >= 11 is 0.319. The molecule has 1 aromatic heterocycles. The van der Waals surface area contributed by atoms with E-state index in [1.54, 1.807) is 7.77 Å². The Morgan fingerprint density at radius 2 is 1.93 bits per heavy atom. The second kappa shape index (κ2) is 5.02. The molecule has 0 N–H and O–H groups in total. The number of rotatable bonds is 4. The van der Waals surface area contributed by atoms with Crippen molar-refractivity contribution in [3.05, 3.63) is 17.0 Å². The molecule has 0 aromatic carbocycles. The summed E-state index contributed by atoms with van der Waals surface area (Å²) in [6.07, 6.45) is 2.58. The minimum atomic E-state index is -1.76. The molecule has 0 spiro atoms. The summed E-state index contributed by atoms with van der Waals surface area (Å²) < 4.78 is 1.72. The van der Waals surface area contributed by atoms with Crippen LogP contribution in [0.2, 0.25) is 14.8 Å². The van der Waals surface area contributed by atoms with Crippen molar-refractivity contribution in [2.75, 3.05) is 0 Å². The van der Waals surface area contributed by atoms with E-state index in [-0.39, 0.29) is 0 Å². The maximum atomic E-state index is 2.49. The van der Waals surface area contributed by atoms with Crippen molar-refractivity contribution in [3.8, 4) is 0 Å². The van der Waals surface area contributed by atoms with Gasteiger partial charge in [-0.1, -0.05) is 0 Å². The van der Waals surface area contributed by atoms with Crippen LogP contribution < -0.4 is 2.89 Å². The van der Waals surface area contributed by atoms with Gasteiger partial charge >= 0.3 is 97.0 Å². The Hall–Kier alpha value is 0.499. The summed E-state index contributed by atoms with van der Waals surface area (Å²) in [4.78, 5) is 9.08. The minimum absolute atomic E-state index is 0.844. The van der Waals surface area contributed by atoms with Gasteiger partial charge in [0.1, 0.15) is 0 Å². The first-order valence-corrected chi connectivity index (χ1v) is 16.3. The fourth-order valence-corrected chi connectivity index (χ4v) is 8.02. The normalized spacial score (nSPS) is 14.4. The summed E-state index contributed by atoms with van der Waals surface area (Å²) in [5, 5.41) is 0. The molecule has 0 saturated carbocycles. The third-order valence-electron chi connectivity index (χ3n) is 2.65. The molecule has 0 bridgehead atoms. The first-order valence-electron chi connectivity index (χ1n) is 5.52. The van der Waals surface area contributed by atoms with Gasteiger partial charge in [-0.3, -0.25) is 0 Å². The molecule has 1 unspecified atom stereocenters. The molecule has 0 nitrogen and oxygen atoms in total. The monoisotopic (exact) mass is 318 g/mol. The van der Waals surface area contributed by atoms with Crippen molar-refractivity contribution in [2.24, 2.45) is 5.92 Å². The molecule has 80 valence electrons. The van der Waals surface area contributed by atoms with Gasteiger partial charge in [0, 0.05) is 0 Å². The van der Waals surface area contributed by atoms with Gasteiger partial charge in [0.25, 0.3) is 0 Å². The van der Waals surface area contributed by atoms with Crippen LogP contribution >= 0.6 is 11.3 Å². The Morgan fingerprint density at radius 1 is 1.29 bits per heavy atom. The van der Waals surface area contributed by atoms with Crippen LogP contribution in [0.1, 0.15) is 25.1 Å². The van der Waals surface area contributed by atoms with E-state index in [4.69, 9.17) is 0 Å². The third kappa shape index (κ3) is 3.58. The van der Waals surface area contributed by atoms with Crippen molar-refractivity contribution < 1.29 is 0 Å². The summed E-state index contributed by atoms with van der Waals surface area (Å²) in [7, 11) is 0. The molecule has 1 aromatic rings. The van der Waals surface area contributed by atoms with Gasteiger partial charge in [-0.2, -0.15) is 0 Å². The topological polar surface area (TPSA) is 0 Å². The van der Waals surface area contributed by atoms with Gasteiger partial charge < -0.3 is 0 Å². The zero-order chi connectivity index (χ0) is 10.8. The van der Waals surface area contributed by atoms with E-state index < -0.39 is 18.4 Å². The van der Waals surface area contributed by atoms with E-state index in [0.717, 1.165) is 5.92 Å². The van der Waals surface area contributed by atoms with E-state index in [1.807, 2.05) is 0 Å². The van der Waals surface area contributed by atoms with Crippen LogP contribution in [0.4, 0.5) is 0 Å². The summed E-state index contributed by atoms with van der Waals surface area (Å²) in [5.41, 5.74) is 0. The average Bonchev–Trinajstić information content (AvgIpc) is 2.51. The quantitative estimate of drug-likeness (QED) is 0.739. The molecule has 0 amide bonds. The maximum absolute atomic E-state index is 2.49. The molecule has 0 aliphatic carbocycles. The van der Waals surface area contributed by atoms with Gasteiger partial charge in [0.2, 0.25) is 0 Å². The van der Waals surface area contributed by atoms with Gasteiger partial charge in [-0.25, -0.2) is 0 Å². The molecule has 0 aliphatic heterocycles. The second-order valence-electron chi connectivity index (χ2n) is 5.23. The molecule has 0 radical (unpaired) electrons. The first kappa shape index (κ1) is 12.6. The predicted octanol–water partition coefficient (Wildman–Crippen LogP) is 3.88. The molecule has 0 aliphatic rings. The van der Waals surface area contributed by atoms with Crippen LogP contribution in [0.25, 0.3) is 0 Å². The average molecular weight is 317 g/mol. The van der Waals surface area contributed by atoms with E-state index in [0.29, 0.717) is 0 Å². The van der Waals surface area contributed by atoms with Crippen molar-refractivity contribution in [3.63, 3.8) is 0 Å². The molecule has 1 heterocycles. The van der Waals surface area contributed by atoms with Crippen LogP contribution in [-0.4, -0.2) is 18.4 Å². The molecule has 14 heavy (non-hydrogen) atoms. The van der Waals surface area contributed by atoms with Gasteiger partial charge in [-0.15, -0.1) is 0 Å². The zero-order valence-corrected chi connectivity index (χ0v) is 13.7. The fraction of sp³-hybridized carbons (Fsp3) is 0.667. The Balaban J connectivity index is 2.69. The third-order valence-corrected chi connectivity index (χ3v) is 13.2. The molecule has 1 rings (SSSR count). The molecule has 0 saturated heterocycles. The van der Waals surface area contributed by atoms with Gasteiger partial charge in [-0.05, 0) is 0 Å².